The molecule has 106 valence electrons. The monoisotopic (exact) mass is 304 g/mol. The van der Waals surface area contributed by atoms with E-state index in [0.717, 1.165) is 0 Å². The van der Waals surface area contributed by atoms with Crippen LogP contribution in [0.5, 0.6) is 0 Å². The molecule has 0 aliphatic carbocycles. The van der Waals surface area contributed by atoms with Gasteiger partial charge in [-0.25, -0.2) is 9.78 Å². The van der Waals surface area contributed by atoms with Crippen LogP contribution < -0.4 is 5.32 Å². The van der Waals surface area contributed by atoms with Crippen LogP contribution in [-0.4, -0.2) is 21.0 Å². The van der Waals surface area contributed by atoms with E-state index in [2.05, 4.69) is 10.3 Å². The molecule has 2 heterocycles. The lowest BCUT2D eigenvalue weighted by molar-refractivity contribution is -0.384. The highest BCUT2D eigenvalue weighted by Crippen LogP contribution is 2.30. The Labute approximate surface area is 122 Å². The van der Waals surface area contributed by atoms with Crippen molar-refractivity contribution < 1.29 is 14.8 Å². The summed E-state index contributed by atoms with van der Waals surface area (Å²) in [6.07, 6.45) is 1.21. The van der Waals surface area contributed by atoms with E-state index < -0.39 is 22.6 Å². The van der Waals surface area contributed by atoms with Crippen molar-refractivity contribution in [3.05, 3.63) is 50.3 Å². The Bertz CT molecular complexity index is 723. The fourth-order valence-electron chi connectivity index (χ4n) is 1.68. The number of carboxylic acids is 1. The Hall–Kier alpha value is -2.99. The maximum atomic E-state index is 11.3. The van der Waals surface area contributed by atoms with Crippen molar-refractivity contribution in [2.45, 2.75) is 6.04 Å². The molecule has 0 amide bonds. The molecule has 0 aliphatic rings. The van der Waals surface area contributed by atoms with Crippen LogP contribution in [0.4, 0.5) is 11.5 Å². The van der Waals surface area contributed by atoms with Gasteiger partial charge in [0.1, 0.15) is 11.6 Å². The predicted octanol–water partition coefficient (Wildman–Crippen LogP) is 2.16. The zero-order chi connectivity index (χ0) is 15.4. The molecular formula is C12H8N4O4S. The van der Waals surface area contributed by atoms with E-state index in [1.54, 1.807) is 23.6 Å². The van der Waals surface area contributed by atoms with E-state index in [1.807, 2.05) is 0 Å². The van der Waals surface area contributed by atoms with E-state index in [4.69, 9.17) is 5.26 Å². The summed E-state index contributed by atoms with van der Waals surface area (Å²) in [5.74, 6) is -1.45. The molecule has 0 saturated carbocycles. The number of nitriles is 1. The molecule has 1 unspecified atom stereocenters. The van der Waals surface area contributed by atoms with Gasteiger partial charge in [0, 0.05) is 11.1 Å². The number of aromatic nitrogens is 1. The number of hydrogen-bond donors (Lipinski definition) is 2. The first-order valence-electron chi connectivity index (χ1n) is 5.61. The number of rotatable bonds is 5. The number of thiophene rings is 1. The van der Waals surface area contributed by atoms with E-state index in [9.17, 15) is 20.0 Å². The summed E-state index contributed by atoms with van der Waals surface area (Å²) in [5, 5.41) is 33.4. The van der Waals surface area contributed by atoms with Gasteiger partial charge < -0.3 is 10.4 Å². The Morgan fingerprint density at radius 2 is 2.33 bits per heavy atom. The van der Waals surface area contributed by atoms with Crippen molar-refractivity contribution in [3.8, 4) is 6.07 Å². The van der Waals surface area contributed by atoms with Gasteiger partial charge in [-0.3, -0.25) is 10.1 Å². The molecule has 21 heavy (non-hydrogen) atoms. The van der Waals surface area contributed by atoms with Gasteiger partial charge in [0.25, 0.3) is 0 Å². The largest absolute Gasteiger partial charge is 0.479 e. The van der Waals surface area contributed by atoms with Crippen LogP contribution in [0.2, 0.25) is 0 Å². The van der Waals surface area contributed by atoms with Crippen LogP contribution >= 0.6 is 11.3 Å². The molecule has 0 aliphatic heterocycles. The number of aliphatic carboxylic acids is 1. The number of carboxylic acid groups (broad SMARTS) is 1. The molecule has 2 aromatic rings. The van der Waals surface area contributed by atoms with Crippen LogP contribution in [0.25, 0.3) is 0 Å². The second kappa shape index (κ2) is 5.98. The third-order valence-electron chi connectivity index (χ3n) is 2.58. The first-order chi connectivity index (χ1) is 10.0. The second-order valence-corrected chi connectivity index (χ2v) is 4.83. The van der Waals surface area contributed by atoms with E-state index in [0.29, 0.717) is 4.88 Å². The number of nitro groups is 1. The Morgan fingerprint density at radius 3 is 2.86 bits per heavy atom. The molecule has 0 aromatic carbocycles. The Balaban J connectivity index is 2.45. The van der Waals surface area contributed by atoms with Gasteiger partial charge >= 0.3 is 11.7 Å². The third kappa shape index (κ3) is 2.96. The molecule has 0 spiro atoms. The van der Waals surface area contributed by atoms with Crippen molar-refractivity contribution in [1.82, 2.24) is 4.98 Å². The van der Waals surface area contributed by atoms with Crippen molar-refractivity contribution in [2.75, 3.05) is 5.32 Å². The molecule has 0 bridgehead atoms. The number of nitrogens with one attached hydrogen (secondary N) is 1. The maximum absolute atomic E-state index is 11.3. The lowest BCUT2D eigenvalue weighted by atomic mass is 10.2. The van der Waals surface area contributed by atoms with Gasteiger partial charge in [-0.15, -0.1) is 11.3 Å². The first kappa shape index (κ1) is 14.4. The van der Waals surface area contributed by atoms with Crippen LogP contribution in [0, 0.1) is 21.4 Å². The van der Waals surface area contributed by atoms with E-state index >= 15 is 0 Å². The number of anilines is 1. The number of pyridine rings is 1. The fourth-order valence-corrected chi connectivity index (χ4v) is 2.45. The summed E-state index contributed by atoms with van der Waals surface area (Å²) >= 11 is 1.20. The smallest absolute Gasteiger partial charge is 0.331 e. The normalized spacial score (nSPS) is 11.4. The highest BCUT2D eigenvalue weighted by atomic mass is 32.1. The highest BCUT2D eigenvalue weighted by molar-refractivity contribution is 7.10. The second-order valence-electron chi connectivity index (χ2n) is 3.86. The minimum Gasteiger partial charge on any atom is -0.479 e. The maximum Gasteiger partial charge on any atom is 0.331 e. The summed E-state index contributed by atoms with van der Waals surface area (Å²) in [7, 11) is 0. The number of nitrogens with zero attached hydrogens (tertiary/aromatic N) is 3. The average Bonchev–Trinajstić information content (AvgIpc) is 2.97. The highest BCUT2D eigenvalue weighted by Gasteiger charge is 2.27. The van der Waals surface area contributed by atoms with Crippen molar-refractivity contribution in [2.24, 2.45) is 0 Å². The van der Waals surface area contributed by atoms with Crippen LogP contribution in [0.15, 0.2) is 29.8 Å². The molecule has 1 atom stereocenters. The van der Waals surface area contributed by atoms with Gasteiger partial charge in [-0.1, -0.05) is 6.07 Å². The summed E-state index contributed by atoms with van der Waals surface area (Å²) in [6, 6.07) is 4.98. The third-order valence-corrected chi connectivity index (χ3v) is 3.52. The lowest BCUT2D eigenvalue weighted by Crippen LogP contribution is -2.20. The van der Waals surface area contributed by atoms with Gasteiger partial charge in [0.05, 0.1) is 4.92 Å². The predicted molar refractivity (Wildman–Crippen MR) is 73.9 cm³/mol. The summed E-state index contributed by atoms with van der Waals surface area (Å²) < 4.78 is 0. The van der Waals surface area contributed by atoms with Crippen molar-refractivity contribution in [1.29, 1.82) is 5.26 Å². The lowest BCUT2D eigenvalue weighted by Gasteiger charge is -2.13. The van der Waals surface area contributed by atoms with Crippen molar-refractivity contribution >= 4 is 28.8 Å². The number of hydrogen-bond acceptors (Lipinski definition) is 7. The fraction of sp³-hybridized carbons (Fsp3) is 0.0833. The van der Waals surface area contributed by atoms with Gasteiger partial charge in [0.15, 0.2) is 6.04 Å². The van der Waals surface area contributed by atoms with E-state index in [1.165, 1.54) is 23.6 Å². The topological polar surface area (TPSA) is 129 Å². The van der Waals surface area contributed by atoms with Gasteiger partial charge in [-0.05, 0) is 17.5 Å². The van der Waals surface area contributed by atoms with Crippen LogP contribution in [-0.2, 0) is 4.79 Å². The zero-order valence-electron chi connectivity index (χ0n) is 10.4. The molecule has 9 heteroatoms. The minimum atomic E-state index is -1.20. The average molecular weight is 304 g/mol. The molecular weight excluding hydrogens is 296 g/mol. The molecule has 0 fully saturated rings. The minimum absolute atomic E-state index is 0.187. The molecule has 2 aromatic heterocycles. The van der Waals surface area contributed by atoms with Gasteiger partial charge in [0.2, 0.25) is 5.82 Å². The first-order valence-corrected chi connectivity index (χ1v) is 6.48. The molecule has 0 saturated heterocycles. The number of carbonyl (C=O) groups is 1. The molecule has 0 radical (unpaired) electrons. The quantitative estimate of drug-likeness (QED) is 0.639. The summed E-state index contributed by atoms with van der Waals surface area (Å²) in [6.45, 7) is 0. The van der Waals surface area contributed by atoms with Crippen LogP contribution in [0.3, 0.4) is 0 Å². The zero-order valence-corrected chi connectivity index (χ0v) is 11.2. The summed E-state index contributed by atoms with van der Waals surface area (Å²) in [5.41, 5.74) is -0.726. The Kier molecular flexibility index (Phi) is 4.10. The van der Waals surface area contributed by atoms with E-state index in [-0.39, 0.29) is 11.4 Å². The molecule has 2 rings (SSSR count). The van der Waals surface area contributed by atoms with Crippen molar-refractivity contribution in [3.63, 3.8) is 0 Å². The van der Waals surface area contributed by atoms with Crippen LogP contribution in [0.1, 0.15) is 16.5 Å². The molecule has 8 nitrogen and oxygen atoms in total. The Morgan fingerprint density at radius 1 is 1.57 bits per heavy atom. The van der Waals surface area contributed by atoms with Gasteiger partial charge in [-0.2, -0.15) is 5.26 Å². The SMILES string of the molecule is N#Cc1ccnc(NC(C(=O)O)c2cccs2)c1[N+](=O)[O-]. The molecule has 2 N–H and O–H groups in total. The summed E-state index contributed by atoms with van der Waals surface area (Å²) in [4.78, 5) is 25.9. The standard InChI is InChI=1S/C12H8N4O4S/c13-6-7-3-4-14-11(10(7)16(19)20)15-9(12(17)18)8-2-1-5-21-8/h1-5,9H,(H,14,15)(H,17,18).